The highest BCUT2D eigenvalue weighted by molar-refractivity contribution is 5.60. The van der Waals surface area contributed by atoms with Crippen molar-refractivity contribution in [3.8, 4) is 11.4 Å². The zero-order valence-electron chi connectivity index (χ0n) is 11.0. The van der Waals surface area contributed by atoms with Crippen LogP contribution in [-0.2, 0) is 16.0 Å². The summed E-state index contributed by atoms with van der Waals surface area (Å²) >= 11 is 0. The fourth-order valence-electron chi connectivity index (χ4n) is 1.86. The van der Waals surface area contributed by atoms with Gasteiger partial charge in [-0.15, -0.1) is 0 Å². The predicted molar refractivity (Wildman–Crippen MR) is 69.3 cm³/mol. The van der Waals surface area contributed by atoms with Gasteiger partial charge in [-0.2, -0.15) is 4.98 Å². The van der Waals surface area contributed by atoms with E-state index in [9.17, 15) is 0 Å². The molecule has 1 aromatic carbocycles. The van der Waals surface area contributed by atoms with Crippen molar-refractivity contribution in [2.45, 2.75) is 12.6 Å². The van der Waals surface area contributed by atoms with E-state index in [1.165, 1.54) is 0 Å². The van der Waals surface area contributed by atoms with Crippen molar-refractivity contribution < 1.29 is 14.0 Å². The largest absolute Gasteiger partial charge is 0.382 e. The molecule has 1 aromatic heterocycles. The van der Waals surface area contributed by atoms with E-state index < -0.39 is 0 Å². The summed E-state index contributed by atoms with van der Waals surface area (Å²) < 4.78 is 15.6. The summed E-state index contributed by atoms with van der Waals surface area (Å²) in [4.78, 5) is 4.24. The molecule has 0 aliphatic rings. The van der Waals surface area contributed by atoms with Crippen molar-refractivity contribution in [2.24, 2.45) is 5.73 Å². The number of nitrogens with two attached hydrogens (primary N) is 1. The van der Waals surface area contributed by atoms with Crippen LogP contribution in [0.5, 0.6) is 0 Å². The number of nitrogens with zero attached hydrogens (tertiary/aromatic N) is 2. The summed E-state index contributed by atoms with van der Waals surface area (Å²) in [5.41, 5.74) is 7.28. The Hall–Kier alpha value is -1.76. The summed E-state index contributed by atoms with van der Waals surface area (Å²) in [7, 11) is 3.28. The molecule has 0 saturated carbocycles. The third-order valence-corrected chi connectivity index (χ3v) is 2.79. The quantitative estimate of drug-likeness (QED) is 0.851. The molecule has 1 heterocycles. The number of hydrogen-bond acceptors (Lipinski definition) is 6. The highest BCUT2D eigenvalue weighted by atomic mass is 16.5. The van der Waals surface area contributed by atoms with Crippen molar-refractivity contribution in [2.75, 3.05) is 20.8 Å². The van der Waals surface area contributed by atoms with Crippen molar-refractivity contribution >= 4 is 0 Å². The predicted octanol–water partition coefficient (Wildman–Crippen LogP) is 1.53. The van der Waals surface area contributed by atoms with E-state index in [0.29, 0.717) is 18.3 Å². The maximum absolute atomic E-state index is 5.47. The molecule has 6 nitrogen and oxygen atoms in total. The van der Waals surface area contributed by atoms with E-state index in [2.05, 4.69) is 10.1 Å². The first-order valence-electron chi connectivity index (χ1n) is 5.93. The molecule has 1 atom stereocenters. The van der Waals surface area contributed by atoms with Crippen LogP contribution in [0, 0.1) is 0 Å². The van der Waals surface area contributed by atoms with Crippen LogP contribution in [0.2, 0.25) is 0 Å². The van der Waals surface area contributed by atoms with Gasteiger partial charge in [-0.25, -0.2) is 0 Å². The van der Waals surface area contributed by atoms with Crippen LogP contribution >= 0.6 is 0 Å². The Morgan fingerprint density at radius 1 is 1.32 bits per heavy atom. The van der Waals surface area contributed by atoms with E-state index in [-0.39, 0.29) is 12.6 Å². The number of aromatic nitrogens is 2. The van der Waals surface area contributed by atoms with Gasteiger partial charge >= 0.3 is 0 Å². The molecule has 0 fully saturated rings. The summed E-state index contributed by atoms with van der Waals surface area (Å²) in [6.07, 6.45) is -0.180. The molecule has 0 bridgehead atoms. The van der Waals surface area contributed by atoms with Crippen molar-refractivity contribution in [3.63, 3.8) is 0 Å². The van der Waals surface area contributed by atoms with Gasteiger partial charge in [0, 0.05) is 19.8 Å². The average Bonchev–Trinajstić information content (AvgIpc) is 2.93. The lowest BCUT2D eigenvalue weighted by Crippen LogP contribution is -2.10. The normalized spacial score (nSPS) is 12.6. The Morgan fingerprint density at radius 3 is 2.74 bits per heavy atom. The maximum Gasteiger partial charge on any atom is 0.240 e. The molecule has 2 aromatic rings. The SMILES string of the molecule is COCC(OC)c1ccccc1-c1noc(CN)n1. The molecule has 1 unspecified atom stereocenters. The summed E-state index contributed by atoms with van der Waals surface area (Å²) in [6, 6.07) is 7.73. The molecule has 0 aliphatic carbocycles. The standard InChI is InChI=1S/C13H17N3O3/c1-17-8-11(18-2)9-5-3-4-6-10(9)13-15-12(7-14)19-16-13/h3-6,11H,7-8,14H2,1-2H3. The van der Waals surface area contributed by atoms with Gasteiger partial charge in [0.15, 0.2) is 0 Å². The summed E-state index contributed by atoms with van der Waals surface area (Å²) in [6.45, 7) is 0.677. The Kier molecular flexibility index (Phi) is 4.62. The molecule has 2 N–H and O–H groups in total. The number of benzene rings is 1. The number of methoxy groups -OCH3 is 2. The second-order valence-electron chi connectivity index (χ2n) is 3.98. The van der Waals surface area contributed by atoms with Gasteiger partial charge in [0.25, 0.3) is 0 Å². The number of ether oxygens (including phenoxy) is 2. The molecule has 6 heteroatoms. The minimum atomic E-state index is -0.180. The lowest BCUT2D eigenvalue weighted by atomic mass is 10.0. The fraction of sp³-hybridized carbons (Fsp3) is 0.385. The molecular weight excluding hydrogens is 246 g/mol. The van der Waals surface area contributed by atoms with Gasteiger partial charge in [-0.1, -0.05) is 29.4 Å². The first kappa shape index (κ1) is 13.7. The van der Waals surface area contributed by atoms with Crippen LogP contribution in [0.1, 0.15) is 17.6 Å². The lowest BCUT2D eigenvalue weighted by Gasteiger charge is -2.16. The third kappa shape index (κ3) is 2.98. The van der Waals surface area contributed by atoms with Crippen LogP contribution in [0.3, 0.4) is 0 Å². The van der Waals surface area contributed by atoms with Gasteiger partial charge in [-0.05, 0) is 5.56 Å². The number of rotatable bonds is 6. The first-order chi connectivity index (χ1) is 9.30. The fourth-order valence-corrected chi connectivity index (χ4v) is 1.86. The zero-order valence-corrected chi connectivity index (χ0v) is 11.0. The molecule has 102 valence electrons. The maximum atomic E-state index is 5.47. The third-order valence-electron chi connectivity index (χ3n) is 2.79. The number of hydrogen-bond donors (Lipinski definition) is 1. The lowest BCUT2D eigenvalue weighted by molar-refractivity contribution is 0.0278. The average molecular weight is 263 g/mol. The van der Waals surface area contributed by atoms with Gasteiger partial charge in [-0.3, -0.25) is 0 Å². The van der Waals surface area contributed by atoms with Crippen LogP contribution in [0.15, 0.2) is 28.8 Å². The zero-order chi connectivity index (χ0) is 13.7. The second-order valence-corrected chi connectivity index (χ2v) is 3.98. The second kappa shape index (κ2) is 6.42. The van der Waals surface area contributed by atoms with Crippen molar-refractivity contribution in [3.05, 3.63) is 35.7 Å². The molecule has 0 radical (unpaired) electrons. The molecule has 0 saturated heterocycles. The highest BCUT2D eigenvalue weighted by Gasteiger charge is 2.18. The summed E-state index contributed by atoms with van der Waals surface area (Å²) in [5, 5.41) is 3.93. The molecular formula is C13H17N3O3. The van der Waals surface area contributed by atoms with Crippen molar-refractivity contribution in [1.82, 2.24) is 10.1 Å². The minimum absolute atomic E-state index is 0.180. The van der Waals surface area contributed by atoms with Gasteiger partial charge < -0.3 is 19.7 Å². The Labute approximate surface area is 111 Å². The molecule has 19 heavy (non-hydrogen) atoms. The summed E-state index contributed by atoms with van der Waals surface area (Å²) in [5.74, 6) is 0.916. The van der Waals surface area contributed by atoms with Crippen LogP contribution in [-0.4, -0.2) is 31.0 Å². The molecule has 0 spiro atoms. The highest BCUT2D eigenvalue weighted by Crippen LogP contribution is 2.28. The van der Waals surface area contributed by atoms with E-state index in [4.69, 9.17) is 19.7 Å². The van der Waals surface area contributed by atoms with Gasteiger partial charge in [0.2, 0.25) is 11.7 Å². The van der Waals surface area contributed by atoms with E-state index in [1.54, 1.807) is 14.2 Å². The van der Waals surface area contributed by atoms with Crippen LogP contribution in [0.25, 0.3) is 11.4 Å². The molecule has 2 rings (SSSR count). The first-order valence-corrected chi connectivity index (χ1v) is 5.93. The van der Waals surface area contributed by atoms with E-state index in [0.717, 1.165) is 11.1 Å². The molecule has 0 aliphatic heterocycles. The Morgan fingerprint density at radius 2 is 2.11 bits per heavy atom. The smallest absolute Gasteiger partial charge is 0.240 e. The Bertz CT molecular complexity index is 527. The van der Waals surface area contributed by atoms with E-state index >= 15 is 0 Å². The van der Waals surface area contributed by atoms with Crippen molar-refractivity contribution in [1.29, 1.82) is 0 Å². The molecule has 0 amide bonds. The Balaban J connectivity index is 2.39. The topological polar surface area (TPSA) is 83.4 Å². The monoisotopic (exact) mass is 263 g/mol. The van der Waals surface area contributed by atoms with Gasteiger partial charge in [0.1, 0.15) is 6.10 Å². The van der Waals surface area contributed by atoms with Crippen LogP contribution in [0.4, 0.5) is 0 Å². The van der Waals surface area contributed by atoms with Crippen LogP contribution < -0.4 is 5.73 Å². The van der Waals surface area contributed by atoms with E-state index in [1.807, 2.05) is 24.3 Å². The minimum Gasteiger partial charge on any atom is -0.382 e. The van der Waals surface area contributed by atoms with Gasteiger partial charge in [0.05, 0.1) is 13.2 Å².